The van der Waals surface area contributed by atoms with Crippen LogP contribution in [0, 0.1) is 0 Å². The van der Waals surface area contributed by atoms with Crippen LogP contribution in [0.3, 0.4) is 0 Å². The Kier molecular flexibility index (Phi) is 4.69. The van der Waals surface area contributed by atoms with Crippen molar-refractivity contribution in [2.24, 2.45) is 0 Å². The van der Waals surface area contributed by atoms with Gasteiger partial charge in [0, 0.05) is 23.6 Å². The van der Waals surface area contributed by atoms with Crippen LogP contribution in [0.1, 0.15) is 17.4 Å². The van der Waals surface area contributed by atoms with Gasteiger partial charge in [-0.15, -0.1) is 0 Å². The van der Waals surface area contributed by atoms with E-state index in [1.807, 2.05) is 0 Å². The Morgan fingerprint density at radius 1 is 1.12 bits per heavy atom. The lowest BCUT2D eigenvalue weighted by molar-refractivity contribution is 0.0518. The Balaban J connectivity index is 2.19. The third-order valence-electron chi connectivity index (χ3n) is 3.54. The van der Waals surface area contributed by atoms with Crippen molar-refractivity contribution in [2.45, 2.75) is 11.8 Å². The zero-order chi connectivity index (χ0) is 18.0. The van der Waals surface area contributed by atoms with E-state index < -0.39 is 16.0 Å². The van der Waals surface area contributed by atoms with Crippen LogP contribution in [-0.2, 0) is 14.8 Å². The molecule has 0 atom stereocenters. The minimum Gasteiger partial charge on any atom is -0.461 e. The molecule has 3 aromatic rings. The summed E-state index contributed by atoms with van der Waals surface area (Å²) in [6, 6.07) is 11.0. The lowest BCUT2D eigenvalue weighted by atomic mass is 10.3. The zero-order valence-corrected chi connectivity index (χ0v) is 14.9. The number of hydrogen-bond acceptors (Lipinski definition) is 4. The van der Waals surface area contributed by atoms with Crippen molar-refractivity contribution in [1.82, 2.24) is 8.54 Å². The maximum atomic E-state index is 13.2. The predicted molar refractivity (Wildman–Crippen MR) is 93.8 cm³/mol. The van der Waals surface area contributed by atoms with E-state index >= 15 is 0 Å². The van der Waals surface area contributed by atoms with Gasteiger partial charge in [0.25, 0.3) is 10.0 Å². The number of rotatable bonds is 5. The second kappa shape index (κ2) is 6.78. The van der Waals surface area contributed by atoms with Gasteiger partial charge in [-0.05, 0) is 49.4 Å². The molecule has 2 aromatic heterocycles. The van der Waals surface area contributed by atoms with Crippen LogP contribution in [0.2, 0.25) is 5.02 Å². The SMILES string of the molecule is CCOC(=O)c1cccn1S(=O)(=O)c1cc(Cl)ccc1-n1cccc1. The van der Waals surface area contributed by atoms with Crippen LogP contribution in [0.15, 0.2) is 66.0 Å². The number of halogens is 1. The van der Waals surface area contributed by atoms with E-state index in [0.29, 0.717) is 5.69 Å². The molecule has 0 bridgehead atoms. The molecule has 0 unspecified atom stereocenters. The predicted octanol–water partition coefficient (Wildman–Crippen LogP) is 3.35. The van der Waals surface area contributed by atoms with E-state index in [4.69, 9.17) is 16.3 Å². The van der Waals surface area contributed by atoms with Gasteiger partial charge in [0.15, 0.2) is 0 Å². The molecule has 0 aliphatic rings. The first-order valence-electron chi connectivity index (χ1n) is 7.48. The molecule has 0 saturated heterocycles. The zero-order valence-electron chi connectivity index (χ0n) is 13.3. The second-order valence-electron chi connectivity index (χ2n) is 5.12. The molecule has 0 aliphatic carbocycles. The summed E-state index contributed by atoms with van der Waals surface area (Å²) in [7, 11) is -4.06. The molecule has 3 rings (SSSR count). The molecule has 0 N–H and O–H groups in total. The van der Waals surface area contributed by atoms with Crippen LogP contribution in [-0.4, -0.2) is 29.5 Å². The number of esters is 1. The molecule has 25 heavy (non-hydrogen) atoms. The molecule has 0 fully saturated rings. The average molecular weight is 379 g/mol. The molecule has 0 saturated carbocycles. The highest BCUT2D eigenvalue weighted by molar-refractivity contribution is 7.90. The van der Waals surface area contributed by atoms with Gasteiger partial charge in [-0.25, -0.2) is 17.2 Å². The van der Waals surface area contributed by atoms with Gasteiger partial charge in [0.2, 0.25) is 0 Å². The van der Waals surface area contributed by atoms with Crippen molar-refractivity contribution in [3.63, 3.8) is 0 Å². The van der Waals surface area contributed by atoms with Crippen LogP contribution in [0.25, 0.3) is 5.69 Å². The normalized spacial score (nSPS) is 11.4. The summed E-state index contributed by atoms with van der Waals surface area (Å²) >= 11 is 6.02. The van der Waals surface area contributed by atoms with Crippen molar-refractivity contribution >= 4 is 27.6 Å². The minimum atomic E-state index is -4.06. The third kappa shape index (κ3) is 3.20. The summed E-state index contributed by atoms with van der Waals surface area (Å²) in [4.78, 5) is 12.0. The first-order valence-corrected chi connectivity index (χ1v) is 9.30. The van der Waals surface area contributed by atoms with Gasteiger partial charge in [0.05, 0.1) is 12.3 Å². The maximum absolute atomic E-state index is 13.2. The topological polar surface area (TPSA) is 70.3 Å². The molecule has 0 spiro atoms. The molecule has 8 heteroatoms. The molecule has 2 heterocycles. The van der Waals surface area contributed by atoms with Crippen molar-refractivity contribution in [1.29, 1.82) is 0 Å². The Bertz CT molecular complexity index is 1010. The Morgan fingerprint density at radius 2 is 1.84 bits per heavy atom. The number of carbonyl (C=O) groups excluding carboxylic acids is 1. The number of benzene rings is 1. The lowest BCUT2D eigenvalue weighted by Gasteiger charge is -2.14. The summed E-state index contributed by atoms with van der Waals surface area (Å²) in [5.41, 5.74) is 0.359. The van der Waals surface area contributed by atoms with Gasteiger partial charge < -0.3 is 9.30 Å². The summed E-state index contributed by atoms with van der Waals surface area (Å²) < 4.78 is 33.9. The fourth-order valence-corrected chi connectivity index (χ4v) is 4.23. The third-order valence-corrected chi connectivity index (χ3v) is 5.49. The fourth-order valence-electron chi connectivity index (χ4n) is 2.45. The molecule has 0 amide bonds. The number of carbonyl (C=O) groups is 1. The van der Waals surface area contributed by atoms with Crippen molar-refractivity contribution in [3.8, 4) is 5.69 Å². The first-order chi connectivity index (χ1) is 11.9. The van der Waals surface area contributed by atoms with Crippen LogP contribution in [0.5, 0.6) is 0 Å². The highest BCUT2D eigenvalue weighted by Gasteiger charge is 2.26. The first kappa shape index (κ1) is 17.3. The Morgan fingerprint density at radius 3 is 2.52 bits per heavy atom. The lowest BCUT2D eigenvalue weighted by Crippen LogP contribution is -2.20. The highest BCUT2D eigenvalue weighted by Crippen LogP contribution is 2.27. The van der Waals surface area contributed by atoms with E-state index in [-0.39, 0.29) is 22.2 Å². The van der Waals surface area contributed by atoms with Crippen LogP contribution in [0.4, 0.5) is 0 Å². The fraction of sp³-hybridized carbons (Fsp3) is 0.118. The quantitative estimate of drug-likeness (QED) is 0.638. The maximum Gasteiger partial charge on any atom is 0.355 e. The Hall–Kier alpha value is -2.51. The molecule has 0 radical (unpaired) electrons. The van der Waals surface area contributed by atoms with Crippen molar-refractivity contribution in [2.75, 3.05) is 6.61 Å². The van der Waals surface area contributed by atoms with Crippen LogP contribution < -0.4 is 0 Å². The summed E-state index contributed by atoms with van der Waals surface area (Å²) in [6.07, 6.45) is 4.76. The summed E-state index contributed by atoms with van der Waals surface area (Å²) in [5, 5.41) is 0.277. The summed E-state index contributed by atoms with van der Waals surface area (Å²) in [5.74, 6) is -0.708. The number of ether oxygens (including phenoxy) is 1. The second-order valence-corrected chi connectivity index (χ2v) is 7.34. The van der Waals surface area contributed by atoms with Crippen molar-refractivity contribution in [3.05, 3.63) is 71.8 Å². The molecular formula is C17H15ClN2O4S. The Labute approximate surface area is 150 Å². The van der Waals surface area contributed by atoms with E-state index in [1.165, 1.54) is 24.4 Å². The highest BCUT2D eigenvalue weighted by atomic mass is 35.5. The molecule has 1 aromatic carbocycles. The van der Waals surface area contributed by atoms with E-state index in [2.05, 4.69) is 0 Å². The van der Waals surface area contributed by atoms with Crippen LogP contribution >= 0.6 is 11.6 Å². The van der Waals surface area contributed by atoms with E-state index in [9.17, 15) is 13.2 Å². The minimum absolute atomic E-state index is 0.0158. The smallest absolute Gasteiger partial charge is 0.355 e. The van der Waals surface area contributed by atoms with Crippen molar-refractivity contribution < 1.29 is 17.9 Å². The van der Waals surface area contributed by atoms with Gasteiger partial charge in [-0.2, -0.15) is 0 Å². The van der Waals surface area contributed by atoms with Gasteiger partial charge >= 0.3 is 5.97 Å². The standard InChI is InChI=1S/C17H15ClN2O4S/c1-2-24-17(21)15-6-5-11-20(15)25(22,23)16-12-13(18)7-8-14(16)19-9-3-4-10-19/h3-12H,2H2,1H3. The number of nitrogens with zero attached hydrogens (tertiary/aromatic N) is 2. The largest absolute Gasteiger partial charge is 0.461 e. The number of hydrogen-bond donors (Lipinski definition) is 0. The summed E-state index contributed by atoms with van der Waals surface area (Å²) in [6.45, 7) is 1.80. The van der Waals surface area contributed by atoms with Gasteiger partial charge in [-0.3, -0.25) is 0 Å². The average Bonchev–Trinajstić information content (AvgIpc) is 3.27. The van der Waals surface area contributed by atoms with E-state index in [1.54, 1.807) is 48.1 Å². The monoisotopic (exact) mass is 378 g/mol. The van der Waals surface area contributed by atoms with Gasteiger partial charge in [0.1, 0.15) is 10.6 Å². The molecular weight excluding hydrogens is 364 g/mol. The van der Waals surface area contributed by atoms with E-state index in [0.717, 1.165) is 3.97 Å². The number of aromatic nitrogens is 2. The molecule has 0 aliphatic heterocycles. The molecule has 130 valence electrons. The van der Waals surface area contributed by atoms with Gasteiger partial charge in [-0.1, -0.05) is 11.6 Å². The molecule has 6 nitrogen and oxygen atoms in total.